The summed E-state index contributed by atoms with van der Waals surface area (Å²) < 4.78 is 16.6. The fourth-order valence-electron chi connectivity index (χ4n) is 3.89. The molecule has 0 spiro atoms. The number of aromatic nitrogens is 1. The van der Waals surface area contributed by atoms with Gasteiger partial charge in [-0.1, -0.05) is 0 Å². The van der Waals surface area contributed by atoms with Crippen LogP contribution in [0.2, 0.25) is 0 Å². The third-order valence-corrected chi connectivity index (χ3v) is 5.31. The van der Waals surface area contributed by atoms with E-state index in [-0.39, 0.29) is 31.2 Å². The molecule has 1 amide bonds. The van der Waals surface area contributed by atoms with E-state index in [1.54, 1.807) is 0 Å². The predicted molar refractivity (Wildman–Crippen MR) is 96.1 cm³/mol. The highest BCUT2D eigenvalue weighted by Gasteiger charge is 2.30. The number of carbonyl (C=O) groups excluding carboxylic acids is 1. The van der Waals surface area contributed by atoms with E-state index in [1.807, 2.05) is 30.0 Å². The number of benzene rings is 1. The first kappa shape index (κ1) is 16.9. The van der Waals surface area contributed by atoms with Gasteiger partial charge in [0, 0.05) is 17.6 Å². The van der Waals surface area contributed by atoms with Crippen molar-refractivity contribution in [1.29, 1.82) is 0 Å². The van der Waals surface area contributed by atoms with E-state index in [2.05, 4.69) is 18.8 Å². The van der Waals surface area contributed by atoms with E-state index in [4.69, 9.17) is 13.9 Å². The van der Waals surface area contributed by atoms with Gasteiger partial charge in [0.25, 0.3) is 0 Å². The van der Waals surface area contributed by atoms with Gasteiger partial charge in [0.2, 0.25) is 18.6 Å². The second-order valence-electron chi connectivity index (χ2n) is 7.20. The van der Waals surface area contributed by atoms with Crippen LogP contribution in [0.25, 0.3) is 11.5 Å². The molecule has 0 bridgehead atoms. The zero-order chi connectivity index (χ0) is 18.3. The summed E-state index contributed by atoms with van der Waals surface area (Å²) in [4.78, 5) is 19.4. The first-order valence-corrected chi connectivity index (χ1v) is 9.20. The maximum absolute atomic E-state index is 12.8. The van der Waals surface area contributed by atoms with Gasteiger partial charge in [0.05, 0.1) is 12.1 Å². The Labute approximate surface area is 153 Å². The van der Waals surface area contributed by atoms with Crippen molar-refractivity contribution in [1.82, 2.24) is 9.88 Å². The summed E-state index contributed by atoms with van der Waals surface area (Å²) in [6.45, 7) is 6.34. The minimum Gasteiger partial charge on any atom is -0.454 e. The van der Waals surface area contributed by atoms with Gasteiger partial charge in [0.1, 0.15) is 5.76 Å². The van der Waals surface area contributed by atoms with Gasteiger partial charge in [-0.3, -0.25) is 4.79 Å². The van der Waals surface area contributed by atoms with Crippen LogP contribution in [-0.4, -0.2) is 34.7 Å². The predicted octanol–water partition coefficient (Wildman–Crippen LogP) is 3.71. The van der Waals surface area contributed by atoms with E-state index in [9.17, 15) is 4.79 Å². The monoisotopic (exact) mass is 356 g/mol. The van der Waals surface area contributed by atoms with Crippen molar-refractivity contribution in [2.45, 2.75) is 58.5 Å². The van der Waals surface area contributed by atoms with Crippen LogP contribution in [0.1, 0.15) is 44.6 Å². The molecular formula is C20H24N2O4. The molecule has 1 aromatic heterocycles. The summed E-state index contributed by atoms with van der Waals surface area (Å²) >= 11 is 0. The molecule has 1 saturated heterocycles. The Bertz CT molecular complexity index is 819. The molecule has 6 heteroatoms. The lowest BCUT2D eigenvalue weighted by Gasteiger charge is -2.39. The fraction of sp³-hybridized carbons (Fsp3) is 0.500. The summed E-state index contributed by atoms with van der Waals surface area (Å²) in [5, 5.41) is 0. The highest BCUT2D eigenvalue weighted by molar-refractivity contribution is 5.79. The average molecular weight is 356 g/mol. The highest BCUT2D eigenvalue weighted by atomic mass is 16.7. The van der Waals surface area contributed by atoms with Crippen molar-refractivity contribution in [3.8, 4) is 23.0 Å². The molecule has 4 rings (SSSR count). The number of fused-ring (bicyclic) bond motifs is 1. The number of hydrogen-bond acceptors (Lipinski definition) is 5. The van der Waals surface area contributed by atoms with Crippen molar-refractivity contribution in [2.75, 3.05) is 6.79 Å². The number of likely N-dealkylation sites (tertiary alicyclic amines) is 1. The van der Waals surface area contributed by atoms with Gasteiger partial charge in [-0.15, -0.1) is 0 Å². The second-order valence-corrected chi connectivity index (χ2v) is 7.20. The van der Waals surface area contributed by atoms with Gasteiger partial charge >= 0.3 is 0 Å². The third kappa shape index (κ3) is 3.04. The van der Waals surface area contributed by atoms with Crippen molar-refractivity contribution >= 4 is 5.91 Å². The second kappa shape index (κ2) is 6.67. The van der Waals surface area contributed by atoms with Crippen LogP contribution < -0.4 is 9.47 Å². The van der Waals surface area contributed by atoms with Gasteiger partial charge in [0.15, 0.2) is 11.5 Å². The number of aryl methyl sites for hydroxylation is 1. The number of nitrogens with zero attached hydrogens (tertiary/aromatic N) is 2. The summed E-state index contributed by atoms with van der Waals surface area (Å²) in [6, 6.07) is 6.16. The number of oxazole rings is 1. The Morgan fingerprint density at radius 1 is 1.19 bits per heavy atom. The Balaban J connectivity index is 1.54. The fourth-order valence-corrected chi connectivity index (χ4v) is 3.89. The SMILES string of the molecule is Cc1oc(-c2ccc3c(c2)OCO3)nc1CC(=O)N1C(C)CCCC1C. The van der Waals surface area contributed by atoms with Gasteiger partial charge in [-0.25, -0.2) is 4.98 Å². The number of carbonyl (C=O) groups is 1. The smallest absolute Gasteiger partial charge is 0.231 e. The van der Waals surface area contributed by atoms with Crippen molar-refractivity contribution in [3.05, 3.63) is 29.7 Å². The molecule has 1 aromatic carbocycles. The molecule has 0 saturated carbocycles. The molecule has 0 aliphatic carbocycles. The largest absolute Gasteiger partial charge is 0.454 e. The molecule has 138 valence electrons. The summed E-state index contributed by atoms with van der Waals surface area (Å²) in [6.07, 6.45) is 3.59. The lowest BCUT2D eigenvalue weighted by Crippen LogP contribution is -2.48. The normalized spacial score (nSPS) is 21.9. The quantitative estimate of drug-likeness (QED) is 0.839. The zero-order valence-electron chi connectivity index (χ0n) is 15.4. The highest BCUT2D eigenvalue weighted by Crippen LogP contribution is 2.36. The maximum Gasteiger partial charge on any atom is 0.231 e. The minimum absolute atomic E-state index is 0.123. The van der Waals surface area contributed by atoms with E-state index < -0.39 is 0 Å². The third-order valence-electron chi connectivity index (χ3n) is 5.31. The van der Waals surface area contributed by atoms with Crippen LogP contribution >= 0.6 is 0 Å². The first-order valence-electron chi connectivity index (χ1n) is 9.20. The molecule has 6 nitrogen and oxygen atoms in total. The summed E-state index contributed by atoms with van der Waals surface area (Å²) in [5.74, 6) is 2.72. The van der Waals surface area contributed by atoms with Crippen LogP contribution in [0.5, 0.6) is 11.5 Å². The molecule has 2 aliphatic rings. The first-order chi connectivity index (χ1) is 12.5. The molecule has 2 aromatic rings. The lowest BCUT2D eigenvalue weighted by atomic mass is 9.97. The molecule has 26 heavy (non-hydrogen) atoms. The Hall–Kier alpha value is -2.50. The molecule has 2 atom stereocenters. The number of amides is 1. The minimum atomic E-state index is 0.123. The molecule has 1 fully saturated rings. The molecule has 2 unspecified atom stereocenters. The number of rotatable bonds is 3. The zero-order valence-corrected chi connectivity index (χ0v) is 15.4. The van der Waals surface area contributed by atoms with Crippen molar-refractivity contribution in [3.63, 3.8) is 0 Å². The number of hydrogen-bond donors (Lipinski definition) is 0. The molecule has 0 N–H and O–H groups in total. The van der Waals surface area contributed by atoms with E-state index in [0.717, 1.165) is 24.2 Å². The van der Waals surface area contributed by atoms with Gasteiger partial charge in [-0.05, 0) is 58.2 Å². The Morgan fingerprint density at radius 2 is 1.92 bits per heavy atom. The topological polar surface area (TPSA) is 64.8 Å². The van der Waals surface area contributed by atoms with Crippen molar-refractivity contribution in [2.24, 2.45) is 0 Å². The van der Waals surface area contributed by atoms with Gasteiger partial charge in [-0.2, -0.15) is 0 Å². The lowest BCUT2D eigenvalue weighted by molar-refractivity contribution is -0.136. The summed E-state index contributed by atoms with van der Waals surface area (Å²) in [5.41, 5.74) is 1.52. The van der Waals surface area contributed by atoms with Crippen LogP contribution in [-0.2, 0) is 11.2 Å². The molecule has 3 heterocycles. The van der Waals surface area contributed by atoms with Crippen LogP contribution in [0.4, 0.5) is 0 Å². The van der Waals surface area contributed by atoms with Crippen LogP contribution in [0.3, 0.4) is 0 Å². The van der Waals surface area contributed by atoms with E-state index in [0.29, 0.717) is 23.1 Å². The molecular weight excluding hydrogens is 332 g/mol. The average Bonchev–Trinajstić information content (AvgIpc) is 3.21. The van der Waals surface area contributed by atoms with E-state index in [1.165, 1.54) is 6.42 Å². The summed E-state index contributed by atoms with van der Waals surface area (Å²) in [7, 11) is 0. The number of piperidine rings is 1. The van der Waals surface area contributed by atoms with Crippen LogP contribution in [0.15, 0.2) is 22.6 Å². The van der Waals surface area contributed by atoms with Crippen molar-refractivity contribution < 1.29 is 18.7 Å². The maximum atomic E-state index is 12.8. The number of ether oxygens (including phenoxy) is 2. The van der Waals surface area contributed by atoms with Crippen LogP contribution in [0, 0.1) is 6.92 Å². The Kier molecular flexibility index (Phi) is 4.34. The standard InChI is InChI=1S/C20H24N2O4/c1-12-5-4-6-13(2)22(12)19(23)10-16-14(3)26-20(21-16)15-7-8-17-18(9-15)25-11-24-17/h7-9,12-13H,4-6,10-11H2,1-3H3. The molecule has 2 aliphatic heterocycles. The van der Waals surface area contributed by atoms with Gasteiger partial charge < -0.3 is 18.8 Å². The molecule has 0 radical (unpaired) electrons. The van der Waals surface area contributed by atoms with E-state index >= 15 is 0 Å². The Morgan fingerprint density at radius 3 is 2.69 bits per heavy atom.